The van der Waals surface area contributed by atoms with Crippen molar-refractivity contribution in [2.75, 3.05) is 36.8 Å². The fourth-order valence-corrected chi connectivity index (χ4v) is 3.72. The van der Waals surface area contributed by atoms with E-state index in [1.54, 1.807) is 6.20 Å². The highest BCUT2D eigenvalue weighted by atomic mass is 32.2. The number of nitrogens with zero attached hydrogens (tertiary/aromatic N) is 3. The molecular formula is C11H16N4O2S2. The smallest absolute Gasteiger partial charge is 0.220 e. The largest absolute Gasteiger partial charge is 0.392 e. The van der Waals surface area contributed by atoms with Gasteiger partial charge in [0, 0.05) is 32.4 Å². The number of piperazine rings is 1. The predicted molar refractivity (Wildman–Crippen MR) is 78.6 cm³/mol. The Kier molecular flexibility index (Phi) is 4.33. The summed E-state index contributed by atoms with van der Waals surface area (Å²) >= 11 is 4.66. The minimum Gasteiger partial charge on any atom is -0.392 e. The van der Waals surface area contributed by atoms with Crippen LogP contribution in [-0.4, -0.2) is 54.6 Å². The first-order chi connectivity index (χ1) is 8.99. The first-order valence-corrected chi connectivity index (χ1v) is 7.93. The number of thiocarbonyl (C=S) groups is 1. The molecule has 19 heavy (non-hydrogen) atoms. The molecule has 0 aromatic carbocycles. The van der Waals surface area contributed by atoms with Crippen LogP contribution >= 0.6 is 12.2 Å². The van der Waals surface area contributed by atoms with Crippen molar-refractivity contribution in [1.82, 2.24) is 9.29 Å². The van der Waals surface area contributed by atoms with Crippen LogP contribution in [0.1, 0.15) is 0 Å². The van der Waals surface area contributed by atoms with Crippen molar-refractivity contribution in [3.05, 3.63) is 24.4 Å². The molecular weight excluding hydrogens is 284 g/mol. The van der Waals surface area contributed by atoms with E-state index in [1.165, 1.54) is 4.31 Å². The second kappa shape index (κ2) is 5.81. The Morgan fingerprint density at radius 1 is 1.32 bits per heavy atom. The van der Waals surface area contributed by atoms with Crippen molar-refractivity contribution in [2.24, 2.45) is 5.73 Å². The van der Waals surface area contributed by atoms with E-state index in [4.69, 9.17) is 5.73 Å². The minimum absolute atomic E-state index is 0.00663. The molecule has 2 rings (SSSR count). The van der Waals surface area contributed by atoms with Crippen molar-refractivity contribution >= 4 is 33.0 Å². The van der Waals surface area contributed by atoms with Gasteiger partial charge in [-0.25, -0.2) is 13.4 Å². The standard InChI is InChI=1S/C11H16N4O2S2/c12-10(18)9-19(16,17)15-7-5-14(6-8-15)11-3-1-2-4-13-11/h1-4H,5-9H2,(H2,12,18). The third-order valence-electron chi connectivity index (χ3n) is 2.93. The SMILES string of the molecule is NC(=S)CS(=O)(=O)N1CCN(c2ccccn2)CC1. The van der Waals surface area contributed by atoms with Crippen LogP contribution in [0.5, 0.6) is 0 Å². The van der Waals surface area contributed by atoms with Crippen LogP contribution in [0.4, 0.5) is 5.82 Å². The molecule has 1 aliphatic heterocycles. The van der Waals surface area contributed by atoms with Gasteiger partial charge in [0.25, 0.3) is 0 Å². The van der Waals surface area contributed by atoms with Crippen molar-refractivity contribution < 1.29 is 8.42 Å². The Labute approximate surface area is 118 Å². The molecule has 0 amide bonds. The minimum atomic E-state index is -3.37. The van der Waals surface area contributed by atoms with Gasteiger partial charge < -0.3 is 10.6 Å². The lowest BCUT2D eigenvalue weighted by Crippen LogP contribution is -2.50. The first-order valence-electron chi connectivity index (χ1n) is 5.91. The lowest BCUT2D eigenvalue weighted by atomic mass is 10.3. The highest BCUT2D eigenvalue weighted by Crippen LogP contribution is 2.14. The summed E-state index contributed by atoms with van der Waals surface area (Å²) in [6.07, 6.45) is 1.73. The molecule has 0 unspecified atom stereocenters. The highest BCUT2D eigenvalue weighted by molar-refractivity contribution is 7.92. The Hall–Kier alpha value is -1.25. The van der Waals surface area contributed by atoms with E-state index in [0.717, 1.165) is 5.82 Å². The van der Waals surface area contributed by atoms with Gasteiger partial charge in [0.2, 0.25) is 10.0 Å². The Balaban J connectivity index is 1.98. The van der Waals surface area contributed by atoms with Crippen LogP contribution < -0.4 is 10.6 Å². The van der Waals surface area contributed by atoms with Gasteiger partial charge in [0.1, 0.15) is 11.6 Å². The molecule has 8 heteroatoms. The van der Waals surface area contributed by atoms with Crippen LogP contribution in [0.2, 0.25) is 0 Å². The average molecular weight is 300 g/mol. The van der Waals surface area contributed by atoms with E-state index in [9.17, 15) is 8.42 Å². The summed E-state index contributed by atoms with van der Waals surface area (Å²) in [4.78, 5) is 6.32. The van der Waals surface area contributed by atoms with Gasteiger partial charge in [-0.05, 0) is 12.1 Å². The summed E-state index contributed by atoms with van der Waals surface area (Å²) in [6, 6.07) is 5.68. The van der Waals surface area contributed by atoms with E-state index in [2.05, 4.69) is 22.1 Å². The van der Waals surface area contributed by atoms with E-state index >= 15 is 0 Å². The second-order valence-electron chi connectivity index (χ2n) is 4.30. The fourth-order valence-electron chi connectivity index (χ4n) is 2.01. The van der Waals surface area contributed by atoms with Gasteiger partial charge in [-0.2, -0.15) is 4.31 Å². The molecule has 6 nitrogen and oxygen atoms in total. The zero-order chi connectivity index (χ0) is 13.9. The lowest BCUT2D eigenvalue weighted by Gasteiger charge is -2.34. The zero-order valence-corrected chi connectivity index (χ0v) is 12.0. The van der Waals surface area contributed by atoms with Crippen LogP contribution in [0, 0.1) is 0 Å². The number of sulfonamides is 1. The Morgan fingerprint density at radius 3 is 2.53 bits per heavy atom. The first kappa shape index (κ1) is 14.2. The Morgan fingerprint density at radius 2 is 2.00 bits per heavy atom. The quantitative estimate of drug-likeness (QED) is 0.777. The molecule has 1 fully saturated rings. The molecule has 1 saturated heterocycles. The van der Waals surface area contributed by atoms with E-state index in [-0.39, 0.29) is 10.7 Å². The number of hydrogen-bond donors (Lipinski definition) is 1. The molecule has 0 aliphatic carbocycles. The third kappa shape index (κ3) is 3.62. The van der Waals surface area contributed by atoms with E-state index < -0.39 is 10.0 Å². The van der Waals surface area contributed by atoms with Crippen molar-refractivity contribution in [3.63, 3.8) is 0 Å². The molecule has 1 aromatic rings. The lowest BCUT2D eigenvalue weighted by molar-refractivity contribution is 0.386. The van der Waals surface area contributed by atoms with E-state index in [0.29, 0.717) is 26.2 Å². The summed E-state index contributed by atoms with van der Waals surface area (Å²) in [6.45, 7) is 2.10. The maximum absolute atomic E-state index is 12.0. The highest BCUT2D eigenvalue weighted by Gasteiger charge is 2.27. The maximum Gasteiger partial charge on any atom is 0.220 e. The van der Waals surface area contributed by atoms with Crippen molar-refractivity contribution in [2.45, 2.75) is 0 Å². The molecule has 2 N–H and O–H groups in total. The zero-order valence-electron chi connectivity index (χ0n) is 10.4. The fraction of sp³-hybridized carbons (Fsp3) is 0.455. The Bertz CT molecular complexity index is 539. The molecule has 0 bridgehead atoms. The van der Waals surface area contributed by atoms with Gasteiger partial charge >= 0.3 is 0 Å². The molecule has 0 spiro atoms. The molecule has 2 heterocycles. The topological polar surface area (TPSA) is 79.5 Å². The maximum atomic E-state index is 12.0. The summed E-state index contributed by atoms with van der Waals surface area (Å²) < 4.78 is 25.4. The number of anilines is 1. The average Bonchev–Trinajstić information content (AvgIpc) is 2.38. The van der Waals surface area contributed by atoms with Gasteiger partial charge in [-0.15, -0.1) is 0 Å². The monoisotopic (exact) mass is 300 g/mol. The molecule has 0 saturated carbocycles. The number of aromatic nitrogens is 1. The van der Waals surface area contributed by atoms with Gasteiger partial charge in [0.15, 0.2) is 0 Å². The summed E-state index contributed by atoms with van der Waals surface area (Å²) in [7, 11) is -3.37. The predicted octanol–water partition coefficient (Wildman–Crippen LogP) is -0.180. The van der Waals surface area contributed by atoms with Crippen molar-refractivity contribution in [1.29, 1.82) is 0 Å². The normalized spacial score (nSPS) is 17.4. The second-order valence-corrected chi connectivity index (χ2v) is 6.79. The third-order valence-corrected chi connectivity index (χ3v) is 5.08. The van der Waals surface area contributed by atoms with Crippen LogP contribution in [0.25, 0.3) is 0 Å². The molecule has 104 valence electrons. The molecule has 1 aliphatic rings. The van der Waals surface area contributed by atoms with Crippen LogP contribution in [0.15, 0.2) is 24.4 Å². The molecule has 0 atom stereocenters. The van der Waals surface area contributed by atoms with E-state index in [1.807, 2.05) is 18.2 Å². The van der Waals surface area contributed by atoms with Gasteiger partial charge in [0.05, 0.1) is 4.99 Å². The molecule has 1 aromatic heterocycles. The number of pyridine rings is 1. The number of rotatable bonds is 4. The summed E-state index contributed by atoms with van der Waals surface area (Å²) in [5.41, 5.74) is 5.31. The number of hydrogen-bond acceptors (Lipinski definition) is 5. The van der Waals surface area contributed by atoms with Crippen LogP contribution in [-0.2, 0) is 10.0 Å². The molecule has 0 radical (unpaired) electrons. The van der Waals surface area contributed by atoms with Crippen LogP contribution in [0.3, 0.4) is 0 Å². The summed E-state index contributed by atoms with van der Waals surface area (Å²) in [5, 5.41) is 0. The number of nitrogens with two attached hydrogens (primary N) is 1. The van der Waals surface area contributed by atoms with Gasteiger partial charge in [-0.1, -0.05) is 18.3 Å². The van der Waals surface area contributed by atoms with Gasteiger partial charge in [-0.3, -0.25) is 0 Å². The summed E-state index contributed by atoms with van der Waals surface area (Å²) in [5.74, 6) is 0.611. The van der Waals surface area contributed by atoms with Crippen molar-refractivity contribution in [3.8, 4) is 0 Å².